The molecule has 0 aliphatic carbocycles. The molecule has 1 aliphatic heterocycles. The lowest BCUT2D eigenvalue weighted by atomic mass is 10.0. The zero-order chi connectivity index (χ0) is 23.3. The lowest BCUT2D eigenvalue weighted by molar-refractivity contribution is -0.127. The van der Waals surface area contributed by atoms with Gasteiger partial charge in [0.25, 0.3) is 5.91 Å². The van der Waals surface area contributed by atoms with E-state index in [1.165, 1.54) is 5.56 Å². The molecule has 0 atom stereocenters. The van der Waals surface area contributed by atoms with E-state index in [0.717, 1.165) is 22.8 Å². The van der Waals surface area contributed by atoms with E-state index < -0.39 is 0 Å². The summed E-state index contributed by atoms with van der Waals surface area (Å²) in [6.45, 7) is 10.2. The molecule has 7 heteroatoms. The van der Waals surface area contributed by atoms with Crippen LogP contribution in [0.1, 0.15) is 50.2 Å². The first kappa shape index (κ1) is 24.7. The van der Waals surface area contributed by atoms with Crippen LogP contribution in [-0.4, -0.2) is 36.3 Å². The molecule has 0 unspecified atom stereocenters. The summed E-state index contributed by atoms with van der Waals surface area (Å²) in [6, 6.07) is 11.9. The van der Waals surface area contributed by atoms with Gasteiger partial charge in [0.05, 0.1) is 10.0 Å². The smallest absolute Gasteiger partial charge is 0.251 e. The lowest BCUT2D eigenvalue weighted by Crippen LogP contribution is -2.30. The number of nitrogens with zero attached hydrogens (tertiary/aromatic N) is 1. The van der Waals surface area contributed by atoms with Gasteiger partial charge in [-0.3, -0.25) is 9.59 Å². The van der Waals surface area contributed by atoms with E-state index in [9.17, 15) is 9.59 Å². The van der Waals surface area contributed by atoms with Crippen LogP contribution in [0.5, 0.6) is 0 Å². The summed E-state index contributed by atoms with van der Waals surface area (Å²) < 4.78 is 0. The van der Waals surface area contributed by atoms with Crippen LogP contribution in [0.3, 0.4) is 0 Å². The van der Waals surface area contributed by atoms with Gasteiger partial charge < -0.3 is 10.2 Å². The van der Waals surface area contributed by atoms with E-state index in [1.54, 1.807) is 17.8 Å². The molecule has 1 fully saturated rings. The Bertz CT molecular complexity index is 1020. The molecule has 1 saturated heterocycles. The number of nitrogens with one attached hydrogen (secondary N) is 1. The van der Waals surface area contributed by atoms with E-state index >= 15 is 0 Å². The van der Waals surface area contributed by atoms with Crippen molar-refractivity contribution in [3.8, 4) is 0 Å². The number of amides is 2. The highest BCUT2D eigenvalue weighted by molar-refractivity contribution is 7.99. The quantitative estimate of drug-likeness (QED) is 0.326. The van der Waals surface area contributed by atoms with Gasteiger partial charge in [-0.05, 0) is 36.5 Å². The summed E-state index contributed by atoms with van der Waals surface area (Å²) in [5.41, 5.74) is 2.03. The molecule has 0 bridgehead atoms. The molecule has 1 N–H and O–H groups in total. The third-order valence-electron chi connectivity index (χ3n) is 5.47. The molecule has 170 valence electrons. The standard InChI is InChI=1S/C25H28Cl2N2O2S/c1-16(2)18-8-4-5-9-20(18)32-21-12-11-19(23(26)24(21)27)17(3)25(31)28-13-7-15-29-14-6-10-22(29)30/h4-5,8-9,11-12,16H,3,6-7,10,13-15H2,1-2H3,(H,28,31). The second kappa shape index (κ2) is 11.3. The first-order chi connectivity index (χ1) is 15.3. The second-order valence-corrected chi connectivity index (χ2v) is 9.95. The van der Waals surface area contributed by atoms with Crippen LogP contribution in [0, 0.1) is 0 Å². The van der Waals surface area contributed by atoms with E-state index in [0.29, 0.717) is 47.5 Å². The van der Waals surface area contributed by atoms with Gasteiger partial charge in [0.1, 0.15) is 0 Å². The Balaban J connectivity index is 1.63. The van der Waals surface area contributed by atoms with Crippen molar-refractivity contribution in [2.24, 2.45) is 0 Å². The van der Waals surface area contributed by atoms with Gasteiger partial charge in [0, 0.05) is 47.0 Å². The van der Waals surface area contributed by atoms with Crippen molar-refractivity contribution in [3.63, 3.8) is 0 Å². The summed E-state index contributed by atoms with van der Waals surface area (Å²) >= 11 is 14.7. The summed E-state index contributed by atoms with van der Waals surface area (Å²) in [7, 11) is 0. The molecule has 2 aromatic carbocycles. The molecule has 4 nitrogen and oxygen atoms in total. The van der Waals surface area contributed by atoms with Crippen LogP contribution in [-0.2, 0) is 9.59 Å². The molecule has 2 aromatic rings. The van der Waals surface area contributed by atoms with Gasteiger partial charge >= 0.3 is 0 Å². The summed E-state index contributed by atoms with van der Waals surface area (Å²) in [5.74, 6) is 0.289. The molecule has 1 heterocycles. The Hall–Kier alpha value is -1.95. The van der Waals surface area contributed by atoms with Crippen molar-refractivity contribution in [3.05, 3.63) is 64.1 Å². The van der Waals surface area contributed by atoms with Crippen LogP contribution in [0.2, 0.25) is 10.0 Å². The van der Waals surface area contributed by atoms with Gasteiger partial charge in [-0.1, -0.05) is 79.7 Å². The van der Waals surface area contributed by atoms with Crippen LogP contribution in [0.4, 0.5) is 0 Å². The largest absolute Gasteiger partial charge is 0.352 e. The van der Waals surface area contributed by atoms with Crippen LogP contribution in [0.25, 0.3) is 5.57 Å². The number of carbonyl (C=O) groups excluding carboxylic acids is 2. The van der Waals surface area contributed by atoms with Gasteiger partial charge in [-0.15, -0.1) is 0 Å². The summed E-state index contributed by atoms with van der Waals surface area (Å²) in [5, 5.41) is 3.59. The Morgan fingerprint density at radius 1 is 1.16 bits per heavy atom. The third kappa shape index (κ3) is 5.89. The molecule has 1 aliphatic rings. The fourth-order valence-electron chi connectivity index (χ4n) is 3.65. The number of carbonyl (C=O) groups is 2. The average Bonchev–Trinajstić information content (AvgIpc) is 3.19. The van der Waals surface area contributed by atoms with Crippen LogP contribution < -0.4 is 5.32 Å². The highest BCUT2D eigenvalue weighted by Gasteiger charge is 2.20. The number of halogens is 2. The van der Waals surface area contributed by atoms with Gasteiger partial charge in [-0.25, -0.2) is 0 Å². The number of hydrogen-bond acceptors (Lipinski definition) is 3. The second-order valence-electron chi connectivity index (χ2n) is 8.11. The summed E-state index contributed by atoms with van der Waals surface area (Å²) in [6.07, 6.45) is 2.24. The Labute approximate surface area is 204 Å². The first-order valence-electron chi connectivity index (χ1n) is 10.8. The van der Waals surface area contributed by atoms with Crippen molar-refractivity contribution >= 4 is 52.4 Å². The topological polar surface area (TPSA) is 49.4 Å². The van der Waals surface area contributed by atoms with E-state index in [4.69, 9.17) is 23.2 Å². The van der Waals surface area contributed by atoms with E-state index in [1.807, 2.05) is 23.1 Å². The van der Waals surface area contributed by atoms with Crippen molar-refractivity contribution in [1.29, 1.82) is 0 Å². The van der Waals surface area contributed by atoms with Crippen molar-refractivity contribution in [2.75, 3.05) is 19.6 Å². The number of likely N-dealkylation sites (tertiary alicyclic amines) is 1. The molecule has 3 rings (SSSR count). The maximum absolute atomic E-state index is 12.6. The highest BCUT2D eigenvalue weighted by atomic mass is 35.5. The van der Waals surface area contributed by atoms with E-state index in [-0.39, 0.29) is 17.4 Å². The van der Waals surface area contributed by atoms with Crippen molar-refractivity contribution < 1.29 is 9.59 Å². The number of hydrogen-bond donors (Lipinski definition) is 1. The molecule has 2 amide bonds. The molecular formula is C25H28Cl2N2O2S. The molecule has 0 aromatic heterocycles. The minimum atomic E-state index is -0.290. The Morgan fingerprint density at radius 3 is 2.59 bits per heavy atom. The van der Waals surface area contributed by atoms with Gasteiger partial charge in [0.2, 0.25) is 5.91 Å². The predicted octanol–water partition coefficient (Wildman–Crippen LogP) is 6.41. The third-order valence-corrected chi connectivity index (χ3v) is 7.61. The van der Waals surface area contributed by atoms with Crippen LogP contribution in [0.15, 0.2) is 52.8 Å². The highest BCUT2D eigenvalue weighted by Crippen LogP contribution is 2.42. The minimum Gasteiger partial charge on any atom is -0.352 e. The van der Waals surface area contributed by atoms with Crippen molar-refractivity contribution in [1.82, 2.24) is 10.2 Å². The fraction of sp³-hybridized carbons (Fsp3) is 0.360. The maximum atomic E-state index is 12.6. The first-order valence-corrected chi connectivity index (χ1v) is 12.4. The predicted molar refractivity (Wildman–Crippen MR) is 134 cm³/mol. The van der Waals surface area contributed by atoms with Crippen LogP contribution >= 0.6 is 35.0 Å². The maximum Gasteiger partial charge on any atom is 0.251 e. The number of rotatable bonds is 9. The molecule has 0 radical (unpaired) electrons. The fourth-order valence-corrected chi connectivity index (χ4v) is 5.40. The minimum absolute atomic E-state index is 0.191. The summed E-state index contributed by atoms with van der Waals surface area (Å²) in [4.78, 5) is 28.0. The number of benzene rings is 2. The molecule has 32 heavy (non-hydrogen) atoms. The average molecular weight is 491 g/mol. The molecule has 0 saturated carbocycles. The van der Waals surface area contributed by atoms with Gasteiger partial charge in [0.15, 0.2) is 0 Å². The lowest BCUT2D eigenvalue weighted by Gasteiger charge is -2.16. The normalized spacial score (nSPS) is 13.7. The Morgan fingerprint density at radius 2 is 1.91 bits per heavy atom. The zero-order valence-corrected chi connectivity index (χ0v) is 20.7. The van der Waals surface area contributed by atoms with Crippen molar-refractivity contribution in [2.45, 2.75) is 48.8 Å². The monoisotopic (exact) mass is 490 g/mol. The molecule has 0 spiro atoms. The van der Waals surface area contributed by atoms with E-state index in [2.05, 4.69) is 37.9 Å². The Kier molecular flexibility index (Phi) is 8.69. The SMILES string of the molecule is C=C(C(=O)NCCCN1CCCC1=O)c1ccc(Sc2ccccc2C(C)C)c(Cl)c1Cl. The zero-order valence-electron chi connectivity index (χ0n) is 18.4. The van der Waals surface area contributed by atoms with Gasteiger partial charge in [-0.2, -0.15) is 0 Å². The molecular weight excluding hydrogens is 463 g/mol.